The van der Waals surface area contributed by atoms with Crippen molar-refractivity contribution in [2.75, 3.05) is 0 Å². The average Bonchev–Trinajstić information content (AvgIpc) is 2.90. The molecule has 3 fully saturated rings. The van der Waals surface area contributed by atoms with E-state index in [-0.39, 0.29) is 12.2 Å². The summed E-state index contributed by atoms with van der Waals surface area (Å²) in [6.07, 6.45) is 4.09. The molecule has 1 saturated heterocycles. The second kappa shape index (κ2) is 3.19. The Morgan fingerprint density at radius 3 is 2.40 bits per heavy atom. The molecular formula is C12H20O3. The fourth-order valence-corrected chi connectivity index (χ4v) is 3.43. The maximum atomic E-state index is 10.2. The predicted molar refractivity (Wildman–Crippen MR) is 55.3 cm³/mol. The van der Waals surface area contributed by atoms with Crippen molar-refractivity contribution in [3.05, 3.63) is 0 Å². The molecule has 0 amide bonds. The molecule has 86 valence electrons. The summed E-state index contributed by atoms with van der Waals surface area (Å²) in [7, 11) is 0. The summed E-state index contributed by atoms with van der Waals surface area (Å²) in [6.45, 7) is 4.17. The van der Waals surface area contributed by atoms with Crippen LogP contribution in [-0.4, -0.2) is 29.2 Å². The molecular weight excluding hydrogens is 192 g/mol. The lowest BCUT2D eigenvalue weighted by molar-refractivity contribution is -0.362. The van der Waals surface area contributed by atoms with E-state index >= 15 is 0 Å². The Morgan fingerprint density at radius 1 is 1.07 bits per heavy atom. The third-order valence-electron chi connectivity index (χ3n) is 4.15. The van der Waals surface area contributed by atoms with Crippen molar-refractivity contribution in [2.45, 2.75) is 63.6 Å². The number of rotatable bonds is 0. The zero-order valence-corrected chi connectivity index (χ0v) is 9.48. The Labute approximate surface area is 90.8 Å². The van der Waals surface area contributed by atoms with E-state index in [0.29, 0.717) is 5.92 Å². The van der Waals surface area contributed by atoms with Crippen LogP contribution in [0.5, 0.6) is 0 Å². The average molecular weight is 212 g/mol. The van der Waals surface area contributed by atoms with Crippen LogP contribution in [0.25, 0.3) is 0 Å². The molecule has 3 nitrogen and oxygen atoms in total. The van der Waals surface area contributed by atoms with Crippen LogP contribution in [-0.2, 0) is 9.47 Å². The van der Waals surface area contributed by atoms with Crippen molar-refractivity contribution in [2.24, 2.45) is 11.8 Å². The maximum absolute atomic E-state index is 10.2. The van der Waals surface area contributed by atoms with E-state index in [2.05, 4.69) is 13.8 Å². The minimum atomic E-state index is -0.653. The van der Waals surface area contributed by atoms with Crippen LogP contribution in [0.2, 0.25) is 0 Å². The summed E-state index contributed by atoms with van der Waals surface area (Å²) in [5.41, 5.74) is 0. The highest BCUT2D eigenvalue weighted by Gasteiger charge is 2.63. The van der Waals surface area contributed by atoms with Crippen LogP contribution in [0, 0.1) is 11.8 Å². The lowest BCUT2D eigenvalue weighted by Crippen LogP contribution is -2.58. The van der Waals surface area contributed by atoms with Gasteiger partial charge in [0.15, 0.2) is 5.79 Å². The van der Waals surface area contributed by atoms with Crippen LogP contribution in [0.1, 0.15) is 39.5 Å². The van der Waals surface area contributed by atoms with E-state index in [1.165, 1.54) is 6.42 Å². The smallest absolute Gasteiger partial charge is 0.198 e. The molecule has 1 aliphatic heterocycles. The fraction of sp³-hybridized carbons (Fsp3) is 1.00. The summed E-state index contributed by atoms with van der Waals surface area (Å²) in [5.74, 6) is 0.539. The SMILES string of the molecule is C[C@@H]1C[C@@H](C)OC2(O1)[C@@H]1C[C@@H]1CC[C@@H]2O. The topological polar surface area (TPSA) is 38.7 Å². The minimum absolute atomic E-state index is 0.211. The molecule has 0 aromatic carbocycles. The number of aliphatic hydroxyl groups is 1. The Kier molecular flexibility index (Phi) is 2.14. The molecule has 3 heteroatoms. The number of hydrogen-bond donors (Lipinski definition) is 1. The minimum Gasteiger partial charge on any atom is -0.387 e. The summed E-state index contributed by atoms with van der Waals surface area (Å²) in [6, 6.07) is 0. The molecule has 1 spiro atoms. The zero-order chi connectivity index (χ0) is 10.6. The van der Waals surface area contributed by atoms with Crippen LogP contribution in [0.4, 0.5) is 0 Å². The Bertz CT molecular complexity index is 252. The third-order valence-corrected chi connectivity index (χ3v) is 4.15. The lowest BCUT2D eigenvalue weighted by Gasteiger charge is -2.48. The zero-order valence-electron chi connectivity index (χ0n) is 9.48. The number of fused-ring (bicyclic) bond motifs is 2. The first kappa shape index (κ1) is 10.1. The molecule has 0 bridgehead atoms. The van der Waals surface area contributed by atoms with Crippen LogP contribution in [0.3, 0.4) is 0 Å². The Hall–Kier alpha value is -0.120. The third kappa shape index (κ3) is 1.44. The standard InChI is InChI=1S/C12H20O3/c1-7-5-8(2)15-12(14-7)10-6-9(10)3-4-11(12)13/h7-11,13H,3-6H2,1-2H3/t7-,8-,9+,10-,11+/m1/s1. The van der Waals surface area contributed by atoms with E-state index in [0.717, 1.165) is 25.2 Å². The number of ether oxygens (including phenoxy) is 2. The molecule has 1 heterocycles. The highest BCUT2D eigenvalue weighted by molar-refractivity contribution is 5.06. The molecule has 3 rings (SSSR count). The van der Waals surface area contributed by atoms with Crippen LogP contribution < -0.4 is 0 Å². The van der Waals surface area contributed by atoms with Gasteiger partial charge >= 0.3 is 0 Å². The molecule has 15 heavy (non-hydrogen) atoms. The highest BCUT2D eigenvalue weighted by Crippen LogP contribution is 2.58. The van der Waals surface area contributed by atoms with Gasteiger partial charge in [-0.15, -0.1) is 0 Å². The van der Waals surface area contributed by atoms with Crippen molar-refractivity contribution in [3.8, 4) is 0 Å². The quantitative estimate of drug-likeness (QED) is 0.664. The van der Waals surface area contributed by atoms with Crippen molar-refractivity contribution in [1.82, 2.24) is 0 Å². The number of aliphatic hydroxyl groups excluding tert-OH is 1. The predicted octanol–water partition coefficient (Wildman–Crippen LogP) is 1.69. The summed E-state index contributed by atoms with van der Waals surface area (Å²) >= 11 is 0. The normalized spacial score (nSPS) is 59.0. The van der Waals surface area contributed by atoms with Gasteiger partial charge in [-0.05, 0) is 45.4 Å². The van der Waals surface area contributed by atoms with Gasteiger partial charge in [0.25, 0.3) is 0 Å². The van der Waals surface area contributed by atoms with E-state index < -0.39 is 11.9 Å². The first-order valence-corrected chi connectivity index (χ1v) is 6.15. The molecule has 2 saturated carbocycles. The maximum Gasteiger partial charge on any atom is 0.198 e. The van der Waals surface area contributed by atoms with Gasteiger partial charge in [0.1, 0.15) is 6.10 Å². The largest absolute Gasteiger partial charge is 0.387 e. The van der Waals surface area contributed by atoms with Gasteiger partial charge in [0.2, 0.25) is 0 Å². The molecule has 1 N–H and O–H groups in total. The first-order chi connectivity index (χ1) is 7.12. The molecule has 0 aromatic heterocycles. The van der Waals surface area contributed by atoms with Gasteiger partial charge in [-0.1, -0.05) is 0 Å². The summed E-state index contributed by atoms with van der Waals surface area (Å²) < 4.78 is 12.0. The lowest BCUT2D eigenvalue weighted by atomic mass is 9.89. The van der Waals surface area contributed by atoms with Gasteiger partial charge in [0, 0.05) is 5.92 Å². The molecule has 0 aromatic rings. The van der Waals surface area contributed by atoms with Crippen LogP contribution >= 0.6 is 0 Å². The van der Waals surface area contributed by atoms with Crippen molar-refractivity contribution in [1.29, 1.82) is 0 Å². The molecule has 5 atom stereocenters. The Balaban J connectivity index is 1.86. The fourth-order valence-electron chi connectivity index (χ4n) is 3.43. The molecule has 0 unspecified atom stereocenters. The van der Waals surface area contributed by atoms with E-state index in [9.17, 15) is 5.11 Å². The van der Waals surface area contributed by atoms with Crippen molar-refractivity contribution >= 4 is 0 Å². The summed E-state index contributed by atoms with van der Waals surface area (Å²) in [5, 5.41) is 10.2. The second-order valence-electron chi connectivity index (χ2n) is 5.51. The van der Waals surface area contributed by atoms with Gasteiger partial charge in [-0.3, -0.25) is 0 Å². The van der Waals surface area contributed by atoms with Gasteiger partial charge < -0.3 is 14.6 Å². The van der Waals surface area contributed by atoms with Gasteiger partial charge in [-0.25, -0.2) is 0 Å². The van der Waals surface area contributed by atoms with Gasteiger partial charge in [-0.2, -0.15) is 0 Å². The summed E-state index contributed by atoms with van der Waals surface area (Å²) in [4.78, 5) is 0. The molecule has 2 aliphatic carbocycles. The van der Waals surface area contributed by atoms with Crippen molar-refractivity contribution < 1.29 is 14.6 Å². The van der Waals surface area contributed by atoms with E-state index in [1.54, 1.807) is 0 Å². The van der Waals surface area contributed by atoms with E-state index in [4.69, 9.17) is 9.47 Å². The number of hydrogen-bond acceptors (Lipinski definition) is 3. The van der Waals surface area contributed by atoms with E-state index in [1.807, 2.05) is 0 Å². The molecule has 3 aliphatic rings. The monoisotopic (exact) mass is 212 g/mol. The van der Waals surface area contributed by atoms with Crippen LogP contribution in [0.15, 0.2) is 0 Å². The second-order valence-corrected chi connectivity index (χ2v) is 5.51. The van der Waals surface area contributed by atoms with Gasteiger partial charge in [0.05, 0.1) is 12.2 Å². The highest BCUT2D eigenvalue weighted by atomic mass is 16.7. The van der Waals surface area contributed by atoms with Crippen molar-refractivity contribution in [3.63, 3.8) is 0 Å². The molecule has 0 radical (unpaired) electrons. The Morgan fingerprint density at radius 2 is 1.73 bits per heavy atom. The first-order valence-electron chi connectivity index (χ1n) is 6.15.